The monoisotopic (exact) mass is 419 g/mol. The highest BCUT2D eigenvalue weighted by atomic mass is 16.5. The van der Waals surface area contributed by atoms with E-state index >= 15 is 0 Å². The van der Waals surface area contributed by atoms with Crippen LogP contribution < -0.4 is 4.74 Å². The Morgan fingerprint density at radius 1 is 1.03 bits per heavy atom. The van der Waals surface area contributed by atoms with Crippen LogP contribution >= 0.6 is 0 Å². The van der Waals surface area contributed by atoms with Crippen LogP contribution in [0.5, 0.6) is 5.75 Å². The number of hydrogen-bond acceptors (Lipinski definition) is 6. The molecule has 31 heavy (non-hydrogen) atoms. The van der Waals surface area contributed by atoms with Gasteiger partial charge in [0.05, 0.1) is 16.8 Å². The molecule has 6 heteroatoms. The fourth-order valence-corrected chi connectivity index (χ4v) is 3.79. The number of carbonyl (C=O) groups is 2. The number of rotatable bonds is 7. The lowest BCUT2D eigenvalue weighted by atomic mass is 10.0. The second-order valence-corrected chi connectivity index (χ2v) is 7.86. The zero-order chi connectivity index (χ0) is 22.0. The molecule has 0 bridgehead atoms. The number of esters is 1. The van der Waals surface area contributed by atoms with Crippen molar-refractivity contribution in [3.63, 3.8) is 0 Å². The average molecular weight is 419 g/mol. The molecular weight excluding hydrogens is 394 g/mol. The van der Waals surface area contributed by atoms with Gasteiger partial charge in [0.25, 0.3) is 0 Å². The Hall–Kier alpha value is -3.41. The Labute approximate surface area is 181 Å². The molecule has 3 aromatic rings. The molecule has 2 aromatic carbocycles. The SMILES string of the molecule is Cc1noc(C)c1COc1ccc(C(=O)OC(C)C(=O)c2ccc3c(c2)CCC3)cc1. The van der Waals surface area contributed by atoms with Crippen LogP contribution in [0.1, 0.15) is 62.2 Å². The maximum atomic E-state index is 12.7. The summed E-state index contributed by atoms with van der Waals surface area (Å²) in [6.07, 6.45) is 2.32. The molecule has 1 aromatic heterocycles. The van der Waals surface area contributed by atoms with E-state index in [1.54, 1.807) is 31.2 Å². The van der Waals surface area contributed by atoms with Gasteiger partial charge < -0.3 is 14.0 Å². The van der Waals surface area contributed by atoms with Crippen molar-refractivity contribution < 1.29 is 23.6 Å². The van der Waals surface area contributed by atoms with Gasteiger partial charge in [-0.2, -0.15) is 0 Å². The minimum atomic E-state index is -0.859. The summed E-state index contributed by atoms with van der Waals surface area (Å²) in [7, 11) is 0. The first kappa shape index (κ1) is 20.8. The maximum absolute atomic E-state index is 12.7. The third-order valence-corrected chi connectivity index (χ3v) is 5.69. The third-order valence-electron chi connectivity index (χ3n) is 5.69. The van der Waals surface area contributed by atoms with E-state index in [0.717, 1.165) is 36.3 Å². The van der Waals surface area contributed by atoms with Crippen molar-refractivity contribution in [2.24, 2.45) is 0 Å². The predicted molar refractivity (Wildman–Crippen MR) is 114 cm³/mol. The van der Waals surface area contributed by atoms with Crippen LogP contribution in [0.25, 0.3) is 0 Å². The van der Waals surface area contributed by atoms with Gasteiger partial charge in [0, 0.05) is 5.56 Å². The molecule has 0 saturated carbocycles. The van der Waals surface area contributed by atoms with Crippen LogP contribution in [-0.2, 0) is 24.2 Å². The Morgan fingerprint density at radius 3 is 2.45 bits per heavy atom. The number of ketones is 1. The summed E-state index contributed by atoms with van der Waals surface area (Å²) in [5.74, 6) is 0.597. The molecule has 1 aliphatic rings. The predicted octanol–water partition coefficient (Wildman–Crippen LogP) is 4.79. The zero-order valence-corrected chi connectivity index (χ0v) is 17.9. The van der Waals surface area contributed by atoms with Crippen molar-refractivity contribution >= 4 is 11.8 Å². The molecule has 1 heterocycles. The average Bonchev–Trinajstić information content (AvgIpc) is 3.37. The molecule has 1 atom stereocenters. The Morgan fingerprint density at radius 2 is 1.74 bits per heavy atom. The van der Waals surface area contributed by atoms with E-state index in [-0.39, 0.29) is 5.78 Å². The minimum absolute atomic E-state index is 0.192. The van der Waals surface area contributed by atoms with E-state index in [4.69, 9.17) is 14.0 Å². The van der Waals surface area contributed by atoms with E-state index in [1.807, 2.05) is 32.0 Å². The van der Waals surface area contributed by atoms with E-state index in [1.165, 1.54) is 11.1 Å². The topological polar surface area (TPSA) is 78.6 Å². The molecule has 0 aliphatic heterocycles. The standard InChI is InChI=1S/C25H25NO5/c1-15-23(16(2)31-26-15)14-29-22-11-9-19(10-12-22)25(28)30-17(3)24(27)21-8-7-18-5-4-6-20(18)13-21/h7-13,17H,4-6,14H2,1-3H3. The summed E-state index contributed by atoms with van der Waals surface area (Å²) in [6, 6.07) is 12.4. The Bertz CT molecular complexity index is 1090. The molecule has 0 amide bonds. The molecule has 1 aliphatic carbocycles. The molecule has 0 fully saturated rings. The number of aromatic nitrogens is 1. The van der Waals surface area contributed by atoms with Gasteiger partial charge in [-0.05, 0) is 81.5 Å². The van der Waals surface area contributed by atoms with Gasteiger partial charge in [0.1, 0.15) is 18.1 Å². The van der Waals surface area contributed by atoms with Crippen molar-refractivity contribution in [2.45, 2.75) is 52.7 Å². The minimum Gasteiger partial charge on any atom is -0.489 e. The Balaban J connectivity index is 1.35. The van der Waals surface area contributed by atoms with Crippen molar-refractivity contribution in [1.29, 1.82) is 0 Å². The quantitative estimate of drug-likeness (QED) is 0.405. The number of carbonyl (C=O) groups excluding carboxylic acids is 2. The van der Waals surface area contributed by atoms with E-state index in [0.29, 0.717) is 23.5 Å². The van der Waals surface area contributed by atoms with Crippen molar-refractivity contribution in [3.05, 3.63) is 81.7 Å². The van der Waals surface area contributed by atoms with Crippen molar-refractivity contribution in [2.75, 3.05) is 0 Å². The summed E-state index contributed by atoms with van der Waals surface area (Å²) >= 11 is 0. The molecule has 6 nitrogen and oxygen atoms in total. The molecular formula is C25H25NO5. The summed E-state index contributed by atoms with van der Waals surface area (Å²) in [5.41, 5.74) is 5.17. The number of hydrogen-bond donors (Lipinski definition) is 0. The maximum Gasteiger partial charge on any atom is 0.338 e. The number of Topliss-reactive ketones (excluding diaryl/α,β-unsaturated/α-hetero) is 1. The van der Waals surface area contributed by atoms with Crippen LogP contribution in [-0.4, -0.2) is 23.0 Å². The normalized spacial score (nSPS) is 13.5. The molecule has 0 radical (unpaired) electrons. The first-order valence-corrected chi connectivity index (χ1v) is 10.4. The second kappa shape index (κ2) is 8.76. The summed E-state index contributed by atoms with van der Waals surface area (Å²) in [6.45, 7) is 5.63. The molecule has 4 rings (SSSR count). The van der Waals surface area contributed by atoms with Crippen molar-refractivity contribution in [1.82, 2.24) is 5.16 Å². The lowest BCUT2D eigenvalue weighted by Gasteiger charge is -2.13. The van der Waals surface area contributed by atoms with Crippen LogP contribution in [0.4, 0.5) is 0 Å². The molecule has 0 saturated heterocycles. The fourth-order valence-electron chi connectivity index (χ4n) is 3.79. The lowest BCUT2D eigenvalue weighted by molar-refractivity contribution is 0.0318. The fraction of sp³-hybridized carbons (Fsp3) is 0.320. The number of benzene rings is 2. The van der Waals surface area contributed by atoms with Gasteiger partial charge >= 0.3 is 5.97 Å². The molecule has 0 spiro atoms. The molecule has 160 valence electrons. The van der Waals surface area contributed by atoms with Crippen LogP contribution in [0, 0.1) is 13.8 Å². The van der Waals surface area contributed by atoms with Crippen LogP contribution in [0.15, 0.2) is 47.0 Å². The van der Waals surface area contributed by atoms with Crippen LogP contribution in [0.2, 0.25) is 0 Å². The van der Waals surface area contributed by atoms with Gasteiger partial charge in [-0.25, -0.2) is 4.79 Å². The van der Waals surface area contributed by atoms with Gasteiger partial charge in [-0.1, -0.05) is 17.3 Å². The first-order valence-electron chi connectivity index (χ1n) is 10.4. The largest absolute Gasteiger partial charge is 0.489 e. The summed E-state index contributed by atoms with van der Waals surface area (Å²) in [4.78, 5) is 25.2. The first-order chi connectivity index (χ1) is 14.9. The number of ether oxygens (including phenoxy) is 2. The van der Waals surface area contributed by atoms with Crippen molar-refractivity contribution in [3.8, 4) is 5.75 Å². The summed E-state index contributed by atoms with van der Waals surface area (Å²) < 4.78 is 16.3. The third kappa shape index (κ3) is 4.53. The lowest BCUT2D eigenvalue weighted by Crippen LogP contribution is -2.24. The number of fused-ring (bicyclic) bond motifs is 1. The van der Waals surface area contributed by atoms with Crippen LogP contribution in [0.3, 0.4) is 0 Å². The second-order valence-electron chi connectivity index (χ2n) is 7.86. The highest BCUT2D eigenvalue weighted by Gasteiger charge is 2.22. The molecule has 1 unspecified atom stereocenters. The number of aryl methyl sites for hydroxylation is 4. The van der Waals surface area contributed by atoms with E-state index in [9.17, 15) is 9.59 Å². The van der Waals surface area contributed by atoms with E-state index in [2.05, 4.69) is 5.16 Å². The Kier molecular flexibility index (Phi) is 5.89. The van der Waals surface area contributed by atoms with Gasteiger partial charge in [0.2, 0.25) is 5.78 Å². The van der Waals surface area contributed by atoms with Gasteiger partial charge in [0.15, 0.2) is 6.10 Å². The highest BCUT2D eigenvalue weighted by Crippen LogP contribution is 2.24. The number of nitrogens with zero attached hydrogens (tertiary/aromatic N) is 1. The molecule has 0 N–H and O–H groups in total. The van der Waals surface area contributed by atoms with Gasteiger partial charge in [-0.15, -0.1) is 0 Å². The smallest absolute Gasteiger partial charge is 0.338 e. The zero-order valence-electron chi connectivity index (χ0n) is 17.9. The van der Waals surface area contributed by atoms with E-state index < -0.39 is 12.1 Å². The highest BCUT2D eigenvalue weighted by molar-refractivity contribution is 6.01. The van der Waals surface area contributed by atoms with Gasteiger partial charge in [-0.3, -0.25) is 4.79 Å². The summed E-state index contributed by atoms with van der Waals surface area (Å²) in [5, 5.41) is 3.90.